The average molecular weight is 560 g/mol. The number of carboxylic acids is 1. The molecule has 212 valence electrons. The number of amides is 1. The van der Waals surface area contributed by atoms with Crippen molar-refractivity contribution in [2.75, 3.05) is 43.9 Å². The number of carboxylic acid groups (broad SMARTS) is 1. The molecule has 1 unspecified atom stereocenters. The molecule has 2 N–H and O–H groups in total. The smallest absolute Gasteiger partial charge is 0.308 e. The van der Waals surface area contributed by atoms with Gasteiger partial charge in [0.1, 0.15) is 18.5 Å². The number of carbonyl (C=O) groups excluding carboxylic acids is 1. The minimum atomic E-state index is -3.44. The van der Waals surface area contributed by atoms with Crippen LogP contribution in [-0.2, 0) is 33.1 Å². The van der Waals surface area contributed by atoms with Crippen molar-refractivity contribution in [2.45, 2.75) is 44.6 Å². The number of ether oxygens (including phenoxy) is 1. The number of rotatable bonds is 12. The van der Waals surface area contributed by atoms with E-state index >= 15 is 0 Å². The van der Waals surface area contributed by atoms with E-state index in [-0.39, 0.29) is 31.3 Å². The maximum atomic E-state index is 13.8. The van der Waals surface area contributed by atoms with Crippen LogP contribution < -0.4 is 18.9 Å². The van der Waals surface area contributed by atoms with Crippen molar-refractivity contribution in [3.8, 4) is 5.75 Å². The Hall–Kier alpha value is -3.02. The van der Waals surface area contributed by atoms with Crippen LogP contribution >= 0.6 is 0 Å². The quantitative estimate of drug-likeness (QED) is 0.380. The topological polar surface area (TPSA) is 120 Å². The molecule has 2 aromatic rings. The van der Waals surface area contributed by atoms with Crippen molar-refractivity contribution in [3.05, 3.63) is 53.9 Å². The molecule has 1 aromatic heterocycles. The Morgan fingerprint density at radius 3 is 2.77 bits per heavy atom. The number of hydrogen-bond donors (Lipinski definition) is 2. The first-order valence-electron chi connectivity index (χ1n) is 13.5. The van der Waals surface area contributed by atoms with E-state index in [1.165, 1.54) is 0 Å². The molecule has 3 atom stereocenters. The number of fused-ring (bicyclic) bond motifs is 1. The number of nitrogens with one attached hydrogen (secondary N) is 1. The summed E-state index contributed by atoms with van der Waals surface area (Å²) in [7, 11) is -1.53. The van der Waals surface area contributed by atoms with Gasteiger partial charge in [0.2, 0.25) is 15.9 Å². The molecule has 0 aliphatic carbocycles. The fraction of sp³-hybridized carbons (Fsp3) is 0.536. The van der Waals surface area contributed by atoms with E-state index in [9.17, 15) is 23.1 Å². The van der Waals surface area contributed by atoms with Crippen LogP contribution in [0, 0.1) is 5.92 Å². The van der Waals surface area contributed by atoms with E-state index in [1.807, 2.05) is 59.2 Å². The molecule has 2 aliphatic rings. The van der Waals surface area contributed by atoms with Gasteiger partial charge in [-0.1, -0.05) is 25.5 Å². The van der Waals surface area contributed by atoms with Gasteiger partial charge in [-0.2, -0.15) is 0 Å². The minimum Gasteiger partial charge on any atom is -0.493 e. The Morgan fingerprint density at radius 1 is 1.28 bits per heavy atom. The first kappa shape index (κ1) is 29.0. The zero-order valence-corrected chi connectivity index (χ0v) is 23.7. The highest BCUT2D eigenvalue weighted by molar-refractivity contribution is 7.88. The van der Waals surface area contributed by atoms with Crippen molar-refractivity contribution >= 4 is 27.6 Å². The van der Waals surface area contributed by atoms with Crippen molar-refractivity contribution in [2.24, 2.45) is 13.0 Å². The first-order chi connectivity index (χ1) is 18.6. The zero-order valence-electron chi connectivity index (χ0n) is 22.9. The number of pyridine rings is 1. The van der Waals surface area contributed by atoms with E-state index in [0.717, 1.165) is 48.1 Å². The molecule has 3 heterocycles. The Bertz CT molecular complexity index is 1300. The van der Waals surface area contributed by atoms with Crippen molar-refractivity contribution in [3.63, 3.8) is 0 Å². The number of aromatic nitrogens is 1. The summed E-state index contributed by atoms with van der Waals surface area (Å²) in [6, 6.07) is 9.12. The Kier molecular flexibility index (Phi) is 9.24. The molecule has 1 saturated heterocycles. The van der Waals surface area contributed by atoms with Gasteiger partial charge in [-0.05, 0) is 36.1 Å². The van der Waals surface area contributed by atoms with Gasteiger partial charge in [-0.3, -0.25) is 14.5 Å². The van der Waals surface area contributed by atoms with Crippen LogP contribution in [0.4, 0.5) is 5.69 Å². The molecule has 0 saturated carbocycles. The number of benzene rings is 1. The Morgan fingerprint density at radius 2 is 2.08 bits per heavy atom. The zero-order chi connectivity index (χ0) is 28.2. The summed E-state index contributed by atoms with van der Waals surface area (Å²) in [6.45, 7) is 3.76. The molecule has 39 heavy (non-hydrogen) atoms. The molecular formula is C28H39N4O6S+. The maximum Gasteiger partial charge on any atom is 0.308 e. The Labute approximate surface area is 230 Å². The summed E-state index contributed by atoms with van der Waals surface area (Å²) in [6.07, 6.45) is 7.70. The molecule has 0 bridgehead atoms. The summed E-state index contributed by atoms with van der Waals surface area (Å²) < 4.78 is 33.5. The molecule has 2 aliphatic heterocycles. The van der Waals surface area contributed by atoms with Gasteiger partial charge < -0.3 is 14.7 Å². The lowest BCUT2D eigenvalue weighted by Crippen LogP contribution is -2.46. The molecule has 0 radical (unpaired) electrons. The molecular weight excluding hydrogens is 520 g/mol. The van der Waals surface area contributed by atoms with Gasteiger partial charge in [0.05, 0.1) is 25.3 Å². The molecule has 10 nitrogen and oxygen atoms in total. The normalized spacial score (nSPS) is 20.9. The number of likely N-dealkylation sites (tertiary alicyclic amines) is 1. The fourth-order valence-corrected chi connectivity index (χ4v) is 6.21. The molecule has 1 aromatic carbocycles. The number of hydrogen-bond acceptors (Lipinski definition) is 6. The summed E-state index contributed by atoms with van der Waals surface area (Å²) in [5.74, 6) is -1.37. The van der Waals surface area contributed by atoms with Crippen molar-refractivity contribution < 1.29 is 32.4 Å². The third-order valence-corrected chi connectivity index (χ3v) is 8.32. The number of aliphatic carboxylic acids is 1. The fourth-order valence-electron chi connectivity index (χ4n) is 5.72. The van der Waals surface area contributed by atoms with Crippen LogP contribution in [0.3, 0.4) is 0 Å². The largest absolute Gasteiger partial charge is 0.493 e. The number of unbranched alkanes of at least 4 members (excludes halogenated alkanes) is 1. The van der Waals surface area contributed by atoms with Crippen LogP contribution in [0.15, 0.2) is 42.7 Å². The monoisotopic (exact) mass is 559 g/mol. The number of carbonyl (C=O) groups is 2. The molecule has 0 spiro atoms. The summed E-state index contributed by atoms with van der Waals surface area (Å²) in [5.41, 5.74) is 2.75. The van der Waals surface area contributed by atoms with E-state index < -0.39 is 28.0 Å². The average Bonchev–Trinajstić information content (AvgIpc) is 3.48. The molecule has 4 rings (SSSR count). The lowest BCUT2D eigenvalue weighted by Gasteiger charge is -2.29. The third kappa shape index (κ3) is 7.14. The van der Waals surface area contributed by atoms with Gasteiger partial charge in [-0.25, -0.2) is 17.7 Å². The predicted octanol–water partition coefficient (Wildman–Crippen LogP) is 1.69. The van der Waals surface area contributed by atoms with Gasteiger partial charge in [0, 0.05) is 44.1 Å². The van der Waals surface area contributed by atoms with Crippen LogP contribution in [0.2, 0.25) is 0 Å². The number of sulfonamides is 1. The number of anilines is 1. The molecule has 1 amide bonds. The lowest BCUT2D eigenvalue weighted by atomic mass is 9.83. The van der Waals surface area contributed by atoms with Gasteiger partial charge >= 0.3 is 5.97 Å². The van der Waals surface area contributed by atoms with Crippen LogP contribution in [-0.4, -0.2) is 75.4 Å². The summed E-state index contributed by atoms with van der Waals surface area (Å²) >= 11 is 0. The SMILES string of the molecule is CCCCN(C(=O)CN1C[C@H](c2ccc3c(c2)CCO3)C(C(=O)O)[C@@H]1CCNS(C)(=O)=O)c1ccc[n+](C)c1. The number of nitrogens with zero attached hydrogens (tertiary/aromatic N) is 3. The van der Waals surface area contributed by atoms with Crippen LogP contribution in [0.1, 0.15) is 43.2 Å². The van der Waals surface area contributed by atoms with E-state index in [2.05, 4.69) is 11.6 Å². The minimum absolute atomic E-state index is 0.0419. The van der Waals surface area contributed by atoms with Crippen molar-refractivity contribution in [1.29, 1.82) is 0 Å². The highest BCUT2D eigenvalue weighted by atomic mass is 32.2. The molecule has 1 fully saturated rings. The number of aryl methyl sites for hydroxylation is 1. The van der Waals surface area contributed by atoms with Gasteiger partial charge in [0.15, 0.2) is 12.4 Å². The second kappa shape index (κ2) is 12.4. The van der Waals surface area contributed by atoms with E-state index in [1.54, 1.807) is 4.90 Å². The lowest BCUT2D eigenvalue weighted by molar-refractivity contribution is -0.670. The second-order valence-corrected chi connectivity index (χ2v) is 12.3. The standard InChI is InChI=1S/C28H38N4O6S/c1-4-5-14-32(22-7-6-13-30(2)17-22)26(33)19-31-18-23(20-8-9-25-21(16-20)11-15-38-25)27(28(34)35)24(31)10-12-29-39(3,36)37/h6-9,13,16-17,23-24,27,29H,4-5,10-12,14-15,18-19H2,1-3H3/p+1/t23-,24+,27?/m1/s1. The molecule has 11 heteroatoms. The second-order valence-electron chi connectivity index (χ2n) is 10.5. The predicted molar refractivity (Wildman–Crippen MR) is 147 cm³/mol. The van der Waals surface area contributed by atoms with Gasteiger partial charge in [0.25, 0.3) is 0 Å². The summed E-state index contributed by atoms with van der Waals surface area (Å²) in [5, 5.41) is 10.4. The highest BCUT2D eigenvalue weighted by Crippen LogP contribution is 2.41. The van der Waals surface area contributed by atoms with E-state index in [4.69, 9.17) is 4.74 Å². The first-order valence-corrected chi connectivity index (χ1v) is 15.4. The third-order valence-electron chi connectivity index (χ3n) is 7.59. The van der Waals surface area contributed by atoms with Crippen LogP contribution in [0.5, 0.6) is 5.75 Å². The Balaban J connectivity index is 1.63. The van der Waals surface area contributed by atoms with E-state index in [0.29, 0.717) is 19.7 Å². The highest BCUT2D eigenvalue weighted by Gasteiger charge is 2.47. The summed E-state index contributed by atoms with van der Waals surface area (Å²) in [4.78, 5) is 30.1. The van der Waals surface area contributed by atoms with Crippen molar-refractivity contribution in [1.82, 2.24) is 9.62 Å². The van der Waals surface area contributed by atoms with Crippen LogP contribution in [0.25, 0.3) is 0 Å². The van der Waals surface area contributed by atoms with Gasteiger partial charge in [-0.15, -0.1) is 0 Å². The maximum absolute atomic E-state index is 13.8.